The Balaban J connectivity index is 2.49. The quantitative estimate of drug-likeness (QED) is 0.476. The number of hydrogen-bond acceptors (Lipinski definition) is 3. The van der Waals surface area contributed by atoms with Crippen molar-refractivity contribution < 1.29 is 9.72 Å². The van der Waals surface area contributed by atoms with Crippen molar-refractivity contribution in [2.75, 3.05) is 0 Å². The van der Waals surface area contributed by atoms with Crippen LogP contribution in [0.3, 0.4) is 0 Å². The molecule has 0 amide bonds. The summed E-state index contributed by atoms with van der Waals surface area (Å²) in [5.74, 6) is -0.557. The zero-order valence-corrected chi connectivity index (χ0v) is 11.0. The number of allylic oxidation sites excluding steroid dienone is 1. The van der Waals surface area contributed by atoms with Crippen molar-refractivity contribution in [2.24, 2.45) is 11.8 Å². The normalized spacial score (nSPS) is 30.5. The van der Waals surface area contributed by atoms with Gasteiger partial charge in [0.15, 0.2) is 0 Å². The zero-order chi connectivity index (χ0) is 14.0. The van der Waals surface area contributed by atoms with Crippen molar-refractivity contribution in [2.45, 2.75) is 25.8 Å². The van der Waals surface area contributed by atoms with Crippen molar-refractivity contribution in [3.8, 4) is 0 Å². The average Bonchev–Trinajstić information content (AvgIpc) is 2.41. The lowest BCUT2D eigenvalue weighted by molar-refractivity contribution is -0.535. The Morgan fingerprint density at radius 2 is 1.84 bits per heavy atom. The molecule has 0 unspecified atom stereocenters. The summed E-state index contributed by atoms with van der Waals surface area (Å²) in [5.41, 5.74) is 1.51. The lowest BCUT2D eigenvalue weighted by Crippen LogP contribution is -2.40. The maximum atomic E-state index is 11.4. The molecule has 1 aromatic rings. The minimum atomic E-state index is -0.748. The standard InChI is InChI=1S/C15H17NO3/c1-10-8-13(9-17)11(2)15(16(18)19)14(10)12-6-4-3-5-7-12/h3-11,14-15H,1-2H3/t10-,11+,14-,15-/m0/s1. The van der Waals surface area contributed by atoms with Gasteiger partial charge in [-0.3, -0.25) is 14.9 Å². The molecule has 4 atom stereocenters. The summed E-state index contributed by atoms with van der Waals surface area (Å²) in [6.07, 6.45) is 2.62. The van der Waals surface area contributed by atoms with Gasteiger partial charge in [-0.1, -0.05) is 50.3 Å². The number of nitrogens with zero attached hydrogens (tertiary/aromatic N) is 1. The number of benzene rings is 1. The molecule has 1 aromatic carbocycles. The van der Waals surface area contributed by atoms with Crippen molar-refractivity contribution in [1.29, 1.82) is 0 Å². The molecule has 0 heterocycles. The highest BCUT2D eigenvalue weighted by Gasteiger charge is 2.44. The van der Waals surface area contributed by atoms with Crippen LogP contribution in [0.5, 0.6) is 0 Å². The van der Waals surface area contributed by atoms with Crippen LogP contribution >= 0.6 is 0 Å². The number of aldehydes is 1. The van der Waals surface area contributed by atoms with Gasteiger partial charge in [-0.15, -0.1) is 0 Å². The van der Waals surface area contributed by atoms with Crippen molar-refractivity contribution in [3.63, 3.8) is 0 Å². The van der Waals surface area contributed by atoms with Crippen LogP contribution < -0.4 is 0 Å². The summed E-state index contributed by atoms with van der Waals surface area (Å²) in [6, 6.07) is 8.77. The molecular weight excluding hydrogens is 242 g/mol. The van der Waals surface area contributed by atoms with E-state index in [0.717, 1.165) is 11.8 Å². The van der Waals surface area contributed by atoms with E-state index < -0.39 is 6.04 Å². The zero-order valence-electron chi connectivity index (χ0n) is 11.0. The Morgan fingerprint density at radius 3 is 2.37 bits per heavy atom. The summed E-state index contributed by atoms with van der Waals surface area (Å²) in [4.78, 5) is 22.2. The summed E-state index contributed by atoms with van der Waals surface area (Å²) >= 11 is 0. The molecule has 0 N–H and O–H groups in total. The fourth-order valence-corrected chi connectivity index (χ4v) is 3.01. The van der Waals surface area contributed by atoms with E-state index >= 15 is 0 Å². The largest absolute Gasteiger partial charge is 0.298 e. The molecule has 2 rings (SSSR count). The van der Waals surface area contributed by atoms with Crippen LogP contribution in [0, 0.1) is 22.0 Å². The Hall–Kier alpha value is -1.97. The van der Waals surface area contributed by atoms with Gasteiger partial charge in [0.25, 0.3) is 0 Å². The van der Waals surface area contributed by atoms with Crippen molar-refractivity contribution in [1.82, 2.24) is 0 Å². The molecule has 1 aliphatic rings. The Labute approximate surface area is 112 Å². The van der Waals surface area contributed by atoms with Crippen LogP contribution in [-0.2, 0) is 4.79 Å². The molecule has 0 saturated heterocycles. The molecule has 100 valence electrons. The van der Waals surface area contributed by atoms with Gasteiger partial charge < -0.3 is 0 Å². The second-order valence-electron chi connectivity index (χ2n) is 5.14. The second-order valence-corrected chi connectivity index (χ2v) is 5.14. The molecule has 19 heavy (non-hydrogen) atoms. The van der Waals surface area contributed by atoms with Crippen LogP contribution in [0.15, 0.2) is 42.0 Å². The van der Waals surface area contributed by atoms with E-state index in [0.29, 0.717) is 5.57 Å². The van der Waals surface area contributed by atoms with Gasteiger partial charge in [0.1, 0.15) is 6.29 Å². The maximum absolute atomic E-state index is 11.4. The first-order chi connectivity index (χ1) is 9.06. The Kier molecular flexibility index (Phi) is 3.79. The van der Waals surface area contributed by atoms with Gasteiger partial charge in [-0.25, -0.2) is 0 Å². The first-order valence-corrected chi connectivity index (χ1v) is 6.41. The molecule has 4 nitrogen and oxygen atoms in total. The second kappa shape index (κ2) is 5.34. The SMILES string of the molecule is C[C@@H]1C(C=O)=C[C@H](C)[C@@H](c2ccccc2)[C@H]1[N+](=O)[O-]. The van der Waals surface area contributed by atoms with Crippen molar-refractivity contribution >= 4 is 6.29 Å². The minimum Gasteiger partial charge on any atom is -0.298 e. The summed E-state index contributed by atoms with van der Waals surface area (Å²) in [5, 5.41) is 11.4. The highest BCUT2D eigenvalue weighted by Crippen LogP contribution is 2.40. The van der Waals surface area contributed by atoms with E-state index in [1.807, 2.05) is 43.3 Å². The van der Waals surface area contributed by atoms with E-state index in [9.17, 15) is 14.9 Å². The topological polar surface area (TPSA) is 60.2 Å². The molecule has 0 aromatic heterocycles. The third-order valence-electron chi connectivity index (χ3n) is 3.99. The average molecular weight is 259 g/mol. The van der Waals surface area contributed by atoms with E-state index in [4.69, 9.17) is 0 Å². The van der Waals surface area contributed by atoms with Gasteiger partial charge in [0.2, 0.25) is 6.04 Å². The van der Waals surface area contributed by atoms with Gasteiger partial charge in [-0.05, 0) is 17.1 Å². The van der Waals surface area contributed by atoms with Crippen LogP contribution in [-0.4, -0.2) is 17.3 Å². The number of hydrogen-bond donors (Lipinski definition) is 0. The smallest absolute Gasteiger partial charge is 0.227 e. The van der Waals surface area contributed by atoms with Gasteiger partial charge in [0.05, 0.1) is 11.8 Å². The third kappa shape index (κ3) is 2.43. The minimum absolute atomic E-state index is 0.0193. The van der Waals surface area contributed by atoms with E-state index in [-0.39, 0.29) is 22.7 Å². The predicted octanol–water partition coefficient (Wildman–Crippen LogP) is 2.83. The number of nitro groups is 1. The summed E-state index contributed by atoms with van der Waals surface area (Å²) < 4.78 is 0. The monoisotopic (exact) mass is 259 g/mol. The van der Waals surface area contributed by atoms with E-state index in [2.05, 4.69) is 0 Å². The molecule has 0 aliphatic heterocycles. The molecule has 0 fully saturated rings. The number of rotatable bonds is 3. The maximum Gasteiger partial charge on any atom is 0.227 e. The van der Waals surface area contributed by atoms with Crippen LogP contribution in [0.2, 0.25) is 0 Å². The van der Waals surface area contributed by atoms with E-state index in [1.165, 1.54) is 0 Å². The van der Waals surface area contributed by atoms with Gasteiger partial charge in [0, 0.05) is 4.92 Å². The molecule has 0 spiro atoms. The van der Waals surface area contributed by atoms with E-state index in [1.54, 1.807) is 6.92 Å². The van der Waals surface area contributed by atoms with Gasteiger partial charge in [-0.2, -0.15) is 0 Å². The Bertz CT molecular complexity index is 509. The number of carbonyl (C=O) groups is 1. The van der Waals surface area contributed by atoms with Crippen LogP contribution in [0.4, 0.5) is 0 Å². The van der Waals surface area contributed by atoms with Gasteiger partial charge >= 0.3 is 0 Å². The predicted molar refractivity (Wildman–Crippen MR) is 72.4 cm³/mol. The lowest BCUT2D eigenvalue weighted by Gasteiger charge is -2.33. The Morgan fingerprint density at radius 1 is 1.21 bits per heavy atom. The molecular formula is C15H17NO3. The van der Waals surface area contributed by atoms with Crippen LogP contribution in [0.25, 0.3) is 0 Å². The third-order valence-corrected chi connectivity index (χ3v) is 3.99. The molecule has 4 heteroatoms. The molecule has 0 radical (unpaired) electrons. The fraction of sp³-hybridized carbons (Fsp3) is 0.400. The lowest BCUT2D eigenvalue weighted by atomic mass is 9.70. The first kappa shape index (κ1) is 13.5. The van der Waals surface area contributed by atoms with Crippen molar-refractivity contribution in [3.05, 3.63) is 57.7 Å². The summed E-state index contributed by atoms with van der Waals surface area (Å²) in [7, 11) is 0. The summed E-state index contributed by atoms with van der Waals surface area (Å²) in [6.45, 7) is 3.69. The fourth-order valence-electron chi connectivity index (χ4n) is 3.01. The van der Waals surface area contributed by atoms with Crippen LogP contribution in [0.1, 0.15) is 25.3 Å². The molecule has 0 saturated carbocycles. The number of carbonyl (C=O) groups excluding carboxylic acids is 1. The molecule has 1 aliphatic carbocycles. The highest BCUT2D eigenvalue weighted by molar-refractivity contribution is 5.74. The molecule has 0 bridgehead atoms. The first-order valence-electron chi connectivity index (χ1n) is 6.41. The highest BCUT2D eigenvalue weighted by atomic mass is 16.6.